The second-order valence-corrected chi connectivity index (χ2v) is 4.03. The summed E-state index contributed by atoms with van der Waals surface area (Å²) in [7, 11) is 0. The van der Waals surface area contributed by atoms with Gasteiger partial charge in [-0.2, -0.15) is 0 Å². The Morgan fingerprint density at radius 2 is 2.00 bits per heavy atom. The molecule has 1 aromatic carbocycles. The molecule has 0 amide bonds. The van der Waals surface area contributed by atoms with Gasteiger partial charge in [-0.1, -0.05) is 0 Å². The maximum Gasteiger partial charge on any atom is 0.192 e. The Kier molecular flexibility index (Phi) is 2.33. The summed E-state index contributed by atoms with van der Waals surface area (Å²) in [6.07, 6.45) is 1.65. The van der Waals surface area contributed by atoms with E-state index in [-0.39, 0.29) is 5.58 Å². The number of hydrogen-bond donors (Lipinski definition) is 0. The van der Waals surface area contributed by atoms with E-state index in [4.69, 9.17) is 4.42 Å². The fourth-order valence-electron chi connectivity index (χ4n) is 1.87. The lowest BCUT2D eigenvalue weighted by Crippen LogP contribution is -1.90. The summed E-state index contributed by atoms with van der Waals surface area (Å²) in [6, 6.07) is 4.89. The standard InChI is InChI=1S/C13H10FN3O/c1-7-15-4-3-11(16-7)9-5-10(14)13-12(6-9)17-8(2)18-13/h3-6H,1-2H3. The molecule has 90 valence electrons. The number of benzene rings is 1. The normalized spacial score (nSPS) is 11.1. The summed E-state index contributed by atoms with van der Waals surface area (Å²) in [6.45, 7) is 3.48. The number of hydrogen-bond acceptors (Lipinski definition) is 4. The third kappa shape index (κ3) is 1.73. The van der Waals surface area contributed by atoms with Crippen molar-refractivity contribution < 1.29 is 8.81 Å². The molecule has 4 nitrogen and oxygen atoms in total. The molecule has 5 heteroatoms. The van der Waals surface area contributed by atoms with Gasteiger partial charge in [-0.15, -0.1) is 0 Å². The first-order valence-corrected chi connectivity index (χ1v) is 5.50. The van der Waals surface area contributed by atoms with Gasteiger partial charge in [-0.05, 0) is 25.1 Å². The fraction of sp³-hybridized carbons (Fsp3) is 0.154. The lowest BCUT2D eigenvalue weighted by molar-refractivity contribution is 0.528. The molecule has 0 aliphatic rings. The van der Waals surface area contributed by atoms with Gasteiger partial charge in [0.1, 0.15) is 11.3 Å². The topological polar surface area (TPSA) is 51.8 Å². The first-order chi connectivity index (χ1) is 8.63. The molecule has 0 bridgehead atoms. The van der Waals surface area contributed by atoms with Gasteiger partial charge in [0.05, 0.1) is 5.69 Å². The van der Waals surface area contributed by atoms with Gasteiger partial charge in [0.2, 0.25) is 0 Å². The van der Waals surface area contributed by atoms with Gasteiger partial charge in [-0.3, -0.25) is 0 Å². The van der Waals surface area contributed by atoms with E-state index in [0.29, 0.717) is 28.5 Å². The molecule has 18 heavy (non-hydrogen) atoms. The van der Waals surface area contributed by atoms with Crippen LogP contribution in [0.4, 0.5) is 4.39 Å². The molecule has 3 rings (SSSR count). The van der Waals surface area contributed by atoms with Crippen molar-refractivity contribution in [2.75, 3.05) is 0 Å². The number of rotatable bonds is 1. The number of nitrogens with zero attached hydrogens (tertiary/aromatic N) is 3. The van der Waals surface area contributed by atoms with E-state index < -0.39 is 5.82 Å². The molecule has 0 aliphatic heterocycles. The van der Waals surface area contributed by atoms with E-state index in [2.05, 4.69) is 15.0 Å². The molecule has 0 N–H and O–H groups in total. The summed E-state index contributed by atoms with van der Waals surface area (Å²) >= 11 is 0. The minimum Gasteiger partial charge on any atom is -0.438 e. The van der Waals surface area contributed by atoms with E-state index in [9.17, 15) is 4.39 Å². The average Bonchev–Trinajstić information content (AvgIpc) is 2.70. The highest BCUT2D eigenvalue weighted by Gasteiger charge is 2.11. The van der Waals surface area contributed by atoms with Crippen LogP contribution in [0.15, 0.2) is 28.8 Å². The van der Waals surface area contributed by atoms with Gasteiger partial charge >= 0.3 is 0 Å². The second-order valence-electron chi connectivity index (χ2n) is 4.03. The number of oxazole rings is 1. The fourth-order valence-corrected chi connectivity index (χ4v) is 1.87. The highest BCUT2D eigenvalue weighted by molar-refractivity contribution is 5.80. The van der Waals surface area contributed by atoms with Crippen LogP contribution in [0.25, 0.3) is 22.4 Å². The Hall–Kier alpha value is -2.30. The molecule has 0 radical (unpaired) electrons. The Morgan fingerprint density at radius 1 is 1.17 bits per heavy atom. The van der Waals surface area contributed by atoms with Crippen LogP contribution in [-0.4, -0.2) is 15.0 Å². The van der Waals surface area contributed by atoms with Gasteiger partial charge < -0.3 is 4.42 Å². The van der Waals surface area contributed by atoms with Crippen molar-refractivity contribution >= 4 is 11.1 Å². The maximum atomic E-state index is 13.9. The summed E-state index contributed by atoms with van der Waals surface area (Å²) in [5, 5.41) is 0. The smallest absolute Gasteiger partial charge is 0.192 e. The third-order valence-electron chi connectivity index (χ3n) is 2.62. The van der Waals surface area contributed by atoms with Crippen molar-refractivity contribution in [3.05, 3.63) is 41.9 Å². The summed E-state index contributed by atoms with van der Waals surface area (Å²) in [4.78, 5) is 12.4. The van der Waals surface area contributed by atoms with Crippen molar-refractivity contribution in [3.63, 3.8) is 0 Å². The minimum atomic E-state index is -0.431. The first-order valence-electron chi connectivity index (χ1n) is 5.50. The number of halogens is 1. The van der Waals surface area contributed by atoms with E-state index in [0.717, 1.165) is 0 Å². The molecule has 0 aliphatic carbocycles. The Labute approximate surface area is 103 Å². The van der Waals surface area contributed by atoms with Crippen LogP contribution in [0.1, 0.15) is 11.7 Å². The molecule has 2 heterocycles. The second kappa shape index (κ2) is 3.87. The average molecular weight is 243 g/mol. The number of fused-ring (bicyclic) bond motifs is 1. The van der Waals surface area contributed by atoms with E-state index >= 15 is 0 Å². The van der Waals surface area contributed by atoms with Crippen LogP contribution in [0.2, 0.25) is 0 Å². The quantitative estimate of drug-likeness (QED) is 0.659. The summed E-state index contributed by atoms with van der Waals surface area (Å²) < 4.78 is 19.1. The molecule has 3 aromatic rings. The van der Waals surface area contributed by atoms with E-state index in [1.165, 1.54) is 6.07 Å². The molecule has 0 unspecified atom stereocenters. The van der Waals surface area contributed by atoms with Crippen LogP contribution in [0.5, 0.6) is 0 Å². The van der Waals surface area contributed by atoms with Crippen molar-refractivity contribution in [1.82, 2.24) is 15.0 Å². The van der Waals surface area contributed by atoms with E-state index in [1.54, 1.807) is 32.2 Å². The minimum absolute atomic E-state index is 0.182. The Morgan fingerprint density at radius 3 is 2.78 bits per heavy atom. The van der Waals surface area contributed by atoms with Crippen LogP contribution in [-0.2, 0) is 0 Å². The SMILES string of the molecule is Cc1nccc(-c2cc(F)c3oc(C)nc3c2)n1. The first kappa shape index (κ1) is 10.8. The molecular weight excluding hydrogens is 233 g/mol. The van der Waals surface area contributed by atoms with Gasteiger partial charge in [-0.25, -0.2) is 19.3 Å². The third-order valence-corrected chi connectivity index (χ3v) is 2.62. The van der Waals surface area contributed by atoms with Crippen molar-refractivity contribution in [1.29, 1.82) is 0 Å². The Bertz CT molecular complexity index is 736. The van der Waals surface area contributed by atoms with Crippen molar-refractivity contribution in [2.45, 2.75) is 13.8 Å². The highest BCUT2D eigenvalue weighted by atomic mass is 19.1. The van der Waals surface area contributed by atoms with Crippen molar-refractivity contribution in [2.24, 2.45) is 0 Å². The molecule has 0 saturated heterocycles. The van der Waals surface area contributed by atoms with Gasteiger partial charge in [0, 0.05) is 18.7 Å². The number of aromatic nitrogens is 3. The molecule has 0 spiro atoms. The predicted molar refractivity (Wildman–Crippen MR) is 64.5 cm³/mol. The molecule has 0 saturated carbocycles. The van der Waals surface area contributed by atoms with Crippen LogP contribution in [0, 0.1) is 19.7 Å². The van der Waals surface area contributed by atoms with Gasteiger partial charge in [0.25, 0.3) is 0 Å². The maximum absolute atomic E-state index is 13.9. The molecular formula is C13H10FN3O. The lowest BCUT2D eigenvalue weighted by Gasteiger charge is -2.01. The predicted octanol–water partition coefficient (Wildman–Crippen LogP) is 3.04. The largest absolute Gasteiger partial charge is 0.438 e. The number of aryl methyl sites for hydroxylation is 2. The zero-order valence-corrected chi connectivity index (χ0v) is 9.94. The van der Waals surface area contributed by atoms with Crippen molar-refractivity contribution in [3.8, 4) is 11.3 Å². The zero-order chi connectivity index (χ0) is 12.7. The lowest BCUT2D eigenvalue weighted by atomic mass is 10.1. The zero-order valence-electron chi connectivity index (χ0n) is 9.94. The van der Waals surface area contributed by atoms with Crippen LogP contribution in [0.3, 0.4) is 0 Å². The van der Waals surface area contributed by atoms with E-state index in [1.807, 2.05) is 0 Å². The highest BCUT2D eigenvalue weighted by Crippen LogP contribution is 2.26. The summed E-state index contributed by atoms with van der Waals surface area (Å²) in [5.41, 5.74) is 2.02. The monoisotopic (exact) mass is 243 g/mol. The Balaban J connectivity index is 2.24. The van der Waals surface area contributed by atoms with Crippen LogP contribution >= 0.6 is 0 Å². The van der Waals surface area contributed by atoms with Crippen LogP contribution < -0.4 is 0 Å². The van der Waals surface area contributed by atoms with Gasteiger partial charge in [0.15, 0.2) is 17.3 Å². The molecule has 0 fully saturated rings. The molecule has 2 aromatic heterocycles. The molecule has 0 atom stereocenters. The summed E-state index contributed by atoms with van der Waals surface area (Å²) in [5.74, 6) is 0.656.